The van der Waals surface area contributed by atoms with Crippen molar-refractivity contribution in [3.63, 3.8) is 0 Å². The Morgan fingerprint density at radius 2 is 1.76 bits per heavy atom. The molecule has 3 atom stereocenters. The lowest BCUT2D eigenvalue weighted by atomic mass is 9.79. The van der Waals surface area contributed by atoms with E-state index in [1.54, 1.807) is 7.11 Å². The van der Waals surface area contributed by atoms with E-state index in [1.165, 1.54) is 5.56 Å². The highest BCUT2D eigenvalue weighted by atomic mass is 16.5. The van der Waals surface area contributed by atoms with E-state index in [9.17, 15) is 5.11 Å². The molecule has 1 aliphatic carbocycles. The number of aliphatic hydroxyl groups is 1. The average molecular weight is 289 g/mol. The molecule has 1 saturated carbocycles. The maximum absolute atomic E-state index is 10.4. The van der Waals surface area contributed by atoms with Crippen molar-refractivity contribution < 1.29 is 9.84 Å². The van der Waals surface area contributed by atoms with Gasteiger partial charge in [0.15, 0.2) is 0 Å². The lowest BCUT2D eigenvalue weighted by molar-refractivity contribution is -0.0253. The zero-order chi connectivity index (χ0) is 14.7. The number of piperidine rings is 1. The normalized spacial score (nSPS) is 32.2. The molecular weight excluding hydrogens is 262 g/mol. The van der Waals surface area contributed by atoms with Gasteiger partial charge in [-0.25, -0.2) is 0 Å². The molecule has 3 rings (SSSR count). The highest BCUT2D eigenvalue weighted by molar-refractivity contribution is 5.20. The number of hydrogen-bond acceptors (Lipinski definition) is 3. The Labute approximate surface area is 127 Å². The fourth-order valence-corrected chi connectivity index (χ4v) is 3.99. The molecule has 21 heavy (non-hydrogen) atoms. The number of benzene rings is 1. The zero-order valence-electron chi connectivity index (χ0n) is 12.9. The van der Waals surface area contributed by atoms with Crippen LogP contribution in [0.25, 0.3) is 0 Å². The fourth-order valence-electron chi connectivity index (χ4n) is 3.99. The van der Waals surface area contributed by atoms with Gasteiger partial charge in [-0.3, -0.25) is 4.90 Å². The summed E-state index contributed by atoms with van der Waals surface area (Å²) >= 11 is 0. The van der Waals surface area contributed by atoms with Crippen LogP contribution >= 0.6 is 0 Å². The predicted molar refractivity (Wildman–Crippen MR) is 84.4 cm³/mol. The van der Waals surface area contributed by atoms with Crippen molar-refractivity contribution in [2.45, 2.75) is 56.3 Å². The highest BCUT2D eigenvalue weighted by Crippen LogP contribution is 2.36. The van der Waals surface area contributed by atoms with E-state index in [0.29, 0.717) is 18.1 Å². The second-order valence-electron chi connectivity index (χ2n) is 6.53. The monoisotopic (exact) mass is 289 g/mol. The van der Waals surface area contributed by atoms with Crippen LogP contribution in [-0.2, 0) is 4.74 Å². The second-order valence-corrected chi connectivity index (χ2v) is 6.53. The zero-order valence-corrected chi connectivity index (χ0v) is 12.9. The van der Waals surface area contributed by atoms with Crippen molar-refractivity contribution in [3.8, 4) is 0 Å². The minimum absolute atomic E-state index is 0.163. The Morgan fingerprint density at radius 3 is 2.43 bits per heavy atom. The summed E-state index contributed by atoms with van der Waals surface area (Å²) in [7, 11) is 1.81. The maximum Gasteiger partial charge on any atom is 0.0695 e. The van der Waals surface area contributed by atoms with E-state index < -0.39 is 0 Å². The molecule has 116 valence electrons. The van der Waals surface area contributed by atoms with Gasteiger partial charge in [-0.15, -0.1) is 0 Å². The Morgan fingerprint density at radius 1 is 1.05 bits per heavy atom. The highest BCUT2D eigenvalue weighted by Gasteiger charge is 2.35. The third kappa shape index (κ3) is 3.47. The summed E-state index contributed by atoms with van der Waals surface area (Å²) in [5, 5.41) is 10.4. The van der Waals surface area contributed by atoms with Gasteiger partial charge < -0.3 is 9.84 Å². The lowest BCUT2D eigenvalue weighted by Gasteiger charge is -2.43. The summed E-state index contributed by atoms with van der Waals surface area (Å²) in [6.07, 6.45) is 5.55. The summed E-state index contributed by atoms with van der Waals surface area (Å²) in [6, 6.07) is 11.1. The van der Waals surface area contributed by atoms with E-state index in [0.717, 1.165) is 45.2 Å². The lowest BCUT2D eigenvalue weighted by Crippen LogP contribution is -2.50. The van der Waals surface area contributed by atoms with Crippen LogP contribution in [0.1, 0.15) is 43.6 Å². The Balaban J connectivity index is 1.64. The quantitative estimate of drug-likeness (QED) is 0.929. The molecule has 1 N–H and O–H groups in total. The van der Waals surface area contributed by atoms with Crippen LogP contribution < -0.4 is 0 Å². The number of aliphatic hydroxyl groups excluding tert-OH is 1. The van der Waals surface area contributed by atoms with Gasteiger partial charge in [-0.05, 0) is 43.6 Å². The molecule has 1 aromatic carbocycles. The summed E-state index contributed by atoms with van der Waals surface area (Å²) in [5.41, 5.74) is 1.43. The number of hydrogen-bond donors (Lipinski definition) is 1. The van der Waals surface area contributed by atoms with Gasteiger partial charge in [-0.2, -0.15) is 0 Å². The Hall–Kier alpha value is -0.900. The van der Waals surface area contributed by atoms with Gasteiger partial charge in [0.1, 0.15) is 0 Å². The molecule has 1 saturated heterocycles. The van der Waals surface area contributed by atoms with Crippen LogP contribution in [0, 0.1) is 0 Å². The van der Waals surface area contributed by atoms with Crippen LogP contribution in [0.15, 0.2) is 30.3 Å². The molecular formula is C18H27NO2. The molecule has 2 aliphatic rings. The van der Waals surface area contributed by atoms with Crippen LogP contribution in [0.3, 0.4) is 0 Å². The predicted octanol–water partition coefficient (Wildman–Crippen LogP) is 2.79. The fraction of sp³-hybridized carbons (Fsp3) is 0.667. The van der Waals surface area contributed by atoms with E-state index in [-0.39, 0.29) is 6.10 Å². The van der Waals surface area contributed by atoms with Crippen LogP contribution in [0.5, 0.6) is 0 Å². The number of likely N-dealkylation sites (tertiary alicyclic amines) is 1. The third-order valence-corrected chi connectivity index (χ3v) is 5.33. The van der Waals surface area contributed by atoms with Crippen LogP contribution in [-0.4, -0.2) is 48.5 Å². The summed E-state index contributed by atoms with van der Waals surface area (Å²) in [6.45, 7) is 2.11. The van der Waals surface area contributed by atoms with Crippen molar-refractivity contribution in [2.75, 3.05) is 20.2 Å². The van der Waals surface area contributed by atoms with E-state index in [1.807, 2.05) is 0 Å². The molecule has 0 spiro atoms. The minimum atomic E-state index is -0.163. The van der Waals surface area contributed by atoms with Crippen molar-refractivity contribution in [1.82, 2.24) is 4.90 Å². The van der Waals surface area contributed by atoms with Gasteiger partial charge >= 0.3 is 0 Å². The third-order valence-electron chi connectivity index (χ3n) is 5.33. The Kier molecular flexibility index (Phi) is 4.94. The van der Waals surface area contributed by atoms with Crippen molar-refractivity contribution >= 4 is 0 Å². The van der Waals surface area contributed by atoms with Gasteiger partial charge in [-0.1, -0.05) is 30.3 Å². The largest absolute Gasteiger partial charge is 0.391 e. The van der Waals surface area contributed by atoms with E-state index >= 15 is 0 Å². The molecule has 0 radical (unpaired) electrons. The van der Waals surface area contributed by atoms with E-state index in [4.69, 9.17) is 4.74 Å². The van der Waals surface area contributed by atoms with Crippen molar-refractivity contribution in [2.24, 2.45) is 0 Å². The first-order valence-corrected chi connectivity index (χ1v) is 8.27. The Bertz CT molecular complexity index is 428. The van der Waals surface area contributed by atoms with Gasteiger partial charge in [0.05, 0.1) is 12.2 Å². The van der Waals surface area contributed by atoms with Crippen LogP contribution in [0.4, 0.5) is 0 Å². The first kappa shape index (κ1) is 15.0. The minimum Gasteiger partial charge on any atom is -0.391 e. The average Bonchev–Trinajstić information content (AvgIpc) is 2.56. The molecule has 0 amide bonds. The molecule has 3 nitrogen and oxygen atoms in total. The molecule has 1 aromatic rings. The smallest absolute Gasteiger partial charge is 0.0695 e. The topological polar surface area (TPSA) is 32.7 Å². The molecule has 2 fully saturated rings. The number of ether oxygens (including phenoxy) is 1. The number of methoxy groups -OCH3 is 1. The molecule has 3 unspecified atom stereocenters. The number of rotatable bonds is 3. The van der Waals surface area contributed by atoms with Crippen molar-refractivity contribution in [1.29, 1.82) is 0 Å². The summed E-state index contributed by atoms with van der Waals surface area (Å²) in [4.78, 5) is 2.50. The molecule has 1 aliphatic heterocycles. The second kappa shape index (κ2) is 6.91. The van der Waals surface area contributed by atoms with E-state index in [2.05, 4.69) is 35.2 Å². The first-order valence-electron chi connectivity index (χ1n) is 8.27. The molecule has 0 bridgehead atoms. The van der Waals surface area contributed by atoms with Crippen LogP contribution in [0.2, 0.25) is 0 Å². The van der Waals surface area contributed by atoms with Gasteiger partial charge in [0.25, 0.3) is 0 Å². The standard InChI is InChI=1S/C18H27NO2/c1-21-16-9-11-19(12-10-16)17-13-15(7-8-18(17)20)14-5-3-2-4-6-14/h2-6,15-18,20H,7-13H2,1H3. The first-order chi connectivity index (χ1) is 10.3. The molecule has 1 heterocycles. The van der Waals surface area contributed by atoms with Gasteiger partial charge in [0, 0.05) is 26.2 Å². The maximum atomic E-state index is 10.4. The SMILES string of the molecule is COC1CCN(C2CC(c3ccccc3)CCC2O)CC1. The molecule has 3 heteroatoms. The summed E-state index contributed by atoms with van der Waals surface area (Å²) in [5.74, 6) is 0.597. The summed E-state index contributed by atoms with van der Waals surface area (Å²) < 4.78 is 5.45. The molecule has 0 aromatic heterocycles. The number of nitrogens with zero attached hydrogens (tertiary/aromatic N) is 1. The van der Waals surface area contributed by atoms with Gasteiger partial charge in [0.2, 0.25) is 0 Å². The van der Waals surface area contributed by atoms with Crippen molar-refractivity contribution in [3.05, 3.63) is 35.9 Å².